The largest absolute Gasteiger partial charge is 0.373 e. The molecule has 0 aromatic heterocycles. The maximum Gasteiger partial charge on any atom is 0.373 e. The Balaban J connectivity index is 1.77. The van der Waals surface area contributed by atoms with Gasteiger partial charge in [0.05, 0.1) is 12.2 Å². The smallest absolute Gasteiger partial charge is 0.317 e. The average molecular weight is 249 g/mol. The van der Waals surface area contributed by atoms with E-state index in [9.17, 15) is 4.79 Å². The Kier molecular flexibility index (Phi) is 4.33. The molecular formula is C14H19NO3. The molecule has 1 aromatic carbocycles. The number of rotatable bonds is 4. The SMILES string of the molecule is CC1(COOC(=O)c2ccccc2)CCNCC1. The van der Waals surface area contributed by atoms with Gasteiger partial charge in [0.15, 0.2) is 0 Å². The Morgan fingerprint density at radius 2 is 1.94 bits per heavy atom. The van der Waals surface area contributed by atoms with Crippen LogP contribution in [0.3, 0.4) is 0 Å². The highest BCUT2D eigenvalue weighted by molar-refractivity contribution is 5.88. The number of hydrogen-bond donors (Lipinski definition) is 1. The van der Waals surface area contributed by atoms with E-state index >= 15 is 0 Å². The summed E-state index contributed by atoms with van der Waals surface area (Å²) in [6.45, 7) is 4.59. The van der Waals surface area contributed by atoms with E-state index < -0.39 is 5.97 Å². The van der Waals surface area contributed by atoms with Crippen LogP contribution in [0.2, 0.25) is 0 Å². The highest BCUT2D eigenvalue weighted by Crippen LogP contribution is 2.28. The van der Waals surface area contributed by atoms with Gasteiger partial charge < -0.3 is 5.32 Å². The molecule has 1 fully saturated rings. The number of piperidine rings is 1. The quantitative estimate of drug-likeness (QED) is 0.656. The van der Waals surface area contributed by atoms with Gasteiger partial charge in [-0.15, -0.1) is 0 Å². The van der Waals surface area contributed by atoms with Gasteiger partial charge in [0.1, 0.15) is 0 Å². The molecule has 18 heavy (non-hydrogen) atoms. The molecule has 1 N–H and O–H groups in total. The number of carbonyl (C=O) groups excluding carboxylic acids is 1. The first kappa shape index (κ1) is 13.1. The van der Waals surface area contributed by atoms with E-state index in [0.717, 1.165) is 25.9 Å². The third-order valence-corrected chi connectivity index (χ3v) is 3.36. The highest BCUT2D eigenvalue weighted by Gasteiger charge is 2.28. The lowest BCUT2D eigenvalue weighted by Crippen LogP contribution is -2.37. The second-order valence-electron chi connectivity index (χ2n) is 5.06. The minimum absolute atomic E-state index is 0.0994. The zero-order valence-corrected chi connectivity index (χ0v) is 10.6. The Morgan fingerprint density at radius 1 is 1.28 bits per heavy atom. The van der Waals surface area contributed by atoms with Gasteiger partial charge in [-0.2, -0.15) is 4.89 Å². The van der Waals surface area contributed by atoms with Crippen LogP contribution in [-0.4, -0.2) is 25.7 Å². The molecule has 0 radical (unpaired) electrons. The summed E-state index contributed by atoms with van der Waals surface area (Å²) in [4.78, 5) is 21.6. The minimum Gasteiger partial charge on any atom is -0.317 e. The highest BCUT2D eigenvalue weighted by atomic mass is 17.2. The molecule has 0 atom stereocenters. The molecule has 2 rings (SSSR count). The van der Waals surface area contributed by atoms with Gasteiger partial charge in [-0.05, 0) is 43.5 Å². The van der Waals surface area contributed by atoms with Gasteiger partial charge in [0.25, 0.3) is 0 Å². The molecule has 0 spiro atoms. The lowest BCUT2D eigenvalue weighted by molar-refractivity contribution is -0.260. The van der Waals surface area contributed by atoms with E-state index in [1.807, 2.05) is 6.07 Å². The van der Waals surface area contributed by atoms with Crippen LogP contribution < -0.4 is 5.32 Å². The van der Waals surface area contributed by atoms with Gasteiger partial charge in [-0.3, -0.25) is 4.89 Å². The third kappa shape index (κ3) is 3.55. The summed E-state index contributed by atoms with van der Waals surface area (Å²) in [5, 5.41) is 3.30. The summed E-state index contributed by atoms with van der Waals surface area (Å²) < 4.78 is 0. The van der Waals surface area contributed by atoms with Crippen LogP contribution >= 0.6 is 0 Å². The molecule has 0 aliphatic carbocycles. The zero-order valence-electron chi connectivity index (χ0n) is 10.6. The zero-order chi connectivity index (χ0) is 12.8. The molecule has 1 heterocycles. The first-order chi connectivity index (χ1) is 8.70. The molecule has 1 aromatic rings. The van der Waals surface area contributed by atoms with E-state index in [-0.39, 0.29) is 5.41 Å². The van der Waals surface area contributed by atoms with Gasteiger partial charge >= 0.3 is 5.97 Å². The van der Waals surface area contributed by atoms with Crippen molar-refractivity contribution < 1.29 is 14.6 Å². The number of carbonyl (C=O) groups is 1. The molecule has 0 bridgehead atoms. The van der Waals surface area contributed by atoms with Crippen LogP contribution in [0.1, 0.15) is 30.1 Å². The topological polar surface area (TPSA) is 47.6 Å². The fourth-order valence-electron chi connectivity index (χ4n) is 2.02. The van der Waals surface area contributed by atoms with Crippen LogP contribution in [0.15, 0.2) is 30.3 Å². The maximum atomic E-state index is 11.6. The Morgan fingerprint density at radius 3 is 2.61 bits per heavy atom. The standard InChI is InChI=1S/C14H19NO3/c1-14(7-9-15-10-8-14)11-17-18-13(16)12-5-3-2-4-6-12/h2-6,15H,7-11H2,1H3. The van der Waals surface area contributed by atoms with Crippen molar-refractivity contribution >= 4 is 5.97 Å². The summed E-state index contributed by atoms with van der Waals surface area (Å²) in [7, 11) is 0. The third-order valence-electron chi connectivity index (χ3n) is 3.36. The Bertz CT molecular complexity index is 385. The predicted octanol–water partition coefficient (Wildman–Crippen LogP) is 2.16. The van der Waals surface area contributed by atoms with E-state index in [1.54, 1.807) is 24.3 Å². The number of nitrogens with one attached hydrogen (secondary N) is 1. The molecule has 1 saturated heterocycles. The molecule has 4 heteroatoms. The van der Waals surface area contributed by atoms with Crippen molar-refractivity contribution in [3.05, 3.63) is 35.9 Å². The van der Waals surface area contributed by atoms with Crippen molar-refractivity contribution in [2.24, 2.45) is 5.41 Å². The van der Waals surface area contributed by atoms with Crippen LogP contribution in [-0.2, 0) is 9.78 Å². The van der Waals surface area contributed by atoms with Crippen molar-refractivity contribution in [1.29, 1.82) is 0 Å². The van der Waals surface area contributed by atoms with Crippen molar-refractivity contribution in [3.8, 4) is 0 Å². The molecule has 98 valence electrons. The fraction of sp³-hybridized carbons (Fsp3) is 0.500. The van der Waals surface area contributed by atoms with Gasteiger partial charge in [-0.25, -0.2) is 4.79 Å². The van der Waals surface area contributed by atoms with Gasteiger partial charge in [0.2, 0.25) is 0 Å². The van der Waals surface area contributed by atoms with E-state index in [2.05, 4.69) is 12.2 Å². The number of benzene rings is 1. The number of hydrogen-bond acceptors (Lipinski definition) is 4. The van der Waals surface area contributed by atoms with Gasteiger partial charge in [-0.1, -0.05) is 25.1 Å². The summed E-state index contributed by atoms with van der Waals surface area (Å²) in [5.74, 6) is -0.437. The van der Waals surface area contributed by atoms with Crippen molar-refractivity contribution in [1.82, 2.24) is 5.32 Å². The van der Waals surface area contributed by atoms with Gasteiger partial charge in [0, 0.05) is 0 Å². The molecular weight excluding hydrogens is 230 g/mol. The first-order valence-corrected chi connectivity index (χ1v) is 6.29. The van der Waals surface area contributed by atoms with E-state index in [4.69, 9.17) is 9.78 Å². The molecule has 0 amide bonds. The second kappa shape index (κ2) is 5.98. The van der Waals surface area contributed by atoms with Crippen molar-refractivity contribution in [2.45, 2.75) is 19.8 Å². The van der Waals surface area contributed by atoms with Crippen molar-refractivity contribution in [2.75, 3.05) is 19.7 Å². The Labute approximate surface area is 107 Å². The summed E-state index contributed by atoms with van der Waals surface area (Å²) in [6, 6.07) is 8.86. The van der Waals surface area contributed by atoms with Crippen LogP contribution in [0.4, 0.5) is 0 Å². The monoisotopic (exact) mass is 249 g/mol. The molecule has 1 aliphatic rings. The summed E-state index contributed by atoms with van der Waals surface area (Å²) >= 11 is 0. The normalized spacial score (nSPS) is 18.3. The predicted molar refractivity (Wildman–Crippen MR) is 68.0 cm³/mol. The Hall–Kier alpha value is -1.39. The molecule has 4 nitrogen and oxygen atoms in total. The maximum absolute atomic E-state index is 11.6. The van der Waals surface area contributed by atoms with E-state index in [0.29, 0.717) is 12.2 Å². The summed E-state index contributed by atoms with van der Waals surface area (Å²) in [5.41, 5.74) is 0.607. The second-order valence-corrected chi connectivity index (χ2v) is 5.06. The molecule has 0 unspecified atom stereocenters. The fourth-order valence-corrected chi connectivity index (χ4v) is 2.02. The van der Waals surface area contributed by atoms with Crippen LogP contribution in [0.5, 0.6) is 0 Å². The lowest BCUT2D eigenvalue weighted by atomic mass is 9.82. The van der Waals surface area contributed by atoms with Crippen molar-refractivity contribution in [3.63, 3.8) is 0 Å². The van der Waals surface area contributed by atoms with Crippen LogP contribution in [0, 0.1) is 5.41 Å². The first-order valence-electron chi connectivity index (χ1n) is 6.29. The molecule has 1 aliphatic heterocycles. The summed E-state index contributed by atoms with van der Waals surface area (Å²) in [6.07, 6.45) is 2.08. The minimum atomic E-state index is -0.437. The van der Waals surface area contributed by atoms with Crippen LogP contribution in [0.25, 0.3) is 0 Å². The molecule has 0 saturated carbocycles. The lowest BCUT2D eigenvalue weighted by Gasteiger charge is -2.32. The van der Waals surface area contributed by atoms with E-state index in [1.165, 1.54) is 0 Å². The average Bonchev–Trinajstić information content (AvgIpc) is 2.40.